The van der Waals surface area contributed by atoms with Gasteiger partial charge in [-0.15, -0.1) is 0 Å². The lowest BCUT2D eigenvalue weighted by Gasteiger charge is -2.39. The van der Waals surface area contributed by atoms with Crippen molar-refractivity contribution in [3.63, 3.8) is 0 Å². The smallest absolute Gasteiger partial charge is 0.242 e. The molecule has 0 spiro atoms. The van der Waals surface area contributed by atoms with Crippen molar-refractivity contribution in [1.29, 1.82) is 5.41 Å². The van der Waals surface area contributed by atoms with Crippen LogP contribution in [0, 0.1) is 10.8 Å². The Morgan fingerprint density at radius 3 is 2.64 bits per heavy atom. The van der Waals surface area contributed by atoms with Gasteiger partial charge in [0.1, 0.15) is 11.9 Å². The first-order valence-corrected chi connectivity index (χ1v) is 4.97. The fourth-order valence-electron chi connectivity index (χ4n) is 1.52. The molecule has 0 radical (unpaired) electrons. The number of carbonyl (C=O) groups excluding carboxylic acids is 1. The Balaban J connectivity index is 2.77. The molecule has 1 atom stereocenters. The number of nitrogens with one attached hydrogen (secondary N) is 2. The van der Waals surface area contributed by atoms with Gasteiger partial charge in [-0.25, -0.2) is 0 Å². The number of amides is 1. The molecule has 1 aliphatic rings. The van der Waals surface area contributed by atoms with Gasteiger partial charge in [-0.2, -0.15) is 0 Å². The van der Waals surface area contributed by atoms with Crippen LogP contribution in [-0.4, -0.2) is 35.8 Å². The summed E-state index contributed by atoms with van der Waals surface area (Å²) in [6, 6.07) is -0.213. The first-order chi connectivity index (χ1) is 6.34. The third-order valence-electron chi connectivity index (χ3n) is 2.50. The van der Waals surface area contributed by atoms with Gasteiger partial charge in [-0.3, -0.25) is 10.2 Å². The van der Waals surface area contributed by atoms with E-state index in [4.69, 9.17) is 5.41 Å². The van der Waals surface area contributed by atoms with E-state index in [2.05, 4.69) is 5.32 Å². The quantitative estimate of drug-likeness (QED) is 0.446. The van der Waals surface area contributed by atoms with Crippen LogP contribution in [0.25, 0.3) is 0 Å². The Morgan fingerprint density at radius 2 is 2.14 bits per heavy atom. The number of rotatable bonds is 0. The molecule has 1 rings (SSSR count). The Labute approximate surface area is 85.2 Å². The lowest BCUT2D eigenvalue weighted by Crippen LogP contribution is -2.57. The van der Waals surface area contributed by atoms with E-state index in [1.807, 2.05) is 32.6 Å². The summed E-state index contributed by atoms with van der Waals surface area (Å²) in [7, 11) is 0. The van der Waals surface area contributed by atoms with Crippen LogP contribution in [0.2, 0.25) is 0 Å². The molecule has 0 aromatic carbocycles. The van der Waals surface area contributed by atoms with E-state index in [0.29, 0.717) is 12.4 Å². The summed E-state index contributed by atoms with van der Waals surface area (Å²) >= 11 is 0. The maximum Gasteiger partial charge on any atom is 0.242 e. The third-order valence-corrected chi connectivity index (χ3v) is 2.50. The zero-order chi connectivity index (χ0) is 10.9. The normalized spacial score (nSPS) is 23.3. The van der Waals surface area contributed by atoms with Gasteiger partial charge < -0.3 is 10.2 Å². The molecule has 2 N–H and O–H groups in total. The van der Waals surface area contributed by atoms with E-state index in [-0.39, 0.29) is 17.4 Å². The van der Waals surface area contributed by atoms with Crippen LogP contribution in [0.3, 0.4) is 0 Å². The minimum absolute atomic E-state index is 0.0188. The van der Waals surface area contributed by atoms with Crippen molar-refractivity contribution < 1.29 is 4.79 Å². The predicted octanol–water partition coefficient (Wildman–Crippen LogP) is 0.830. The lowest BCUT2D eigenvalue weighted by molar-refractivity contribution is -0.126. The largest absolute Gasteiger partial charge is 0.353 e. The molecular weight excluding hydrogens is 178 g/mol. The summed E-state index contributed by atoms with van der Waals surface area (Å²) in [4.78, 5) is 13.3. The average molecular weight is 197 g/mol. The van der Waals surface area contributed by atoms with Crippen molar-refractivity contribution in [2.75, 3.05) is 13.1 Å². The van der Waals surface area contributed by atoms with Gasteiger partial charge >= 0.3 is 0 Å². The van der Waals surface area contributed by atoms with Crippen molar-refractivity contribution >= 4 is 11.7 Å². The SMILES string of the molecule is CC1C(=O)NCCN1C(=N)C(C)(C)C. The number of hydrogen-bond donors (Lipinski definition) is 2. The van der Waals surface area contributed by atoms with Crippen LogP contribution in [-0.2, 0) is 4.79 Å². The van der Waals surface area contributed by atoms with Gasteiger partial charge in [0, 0.05) is 18.5 Å². The van der Waals surface area contributed by atoms with Crippen molar-refractivity contribution in [2.45, 2.75) is 33.7 Å². The standard InChI is InChI=1S/C10H19N3O/c1-7-8(14)12-5-6-13(7)9(11)10(2,3)4/h7,11H,5-6H2,1-4H3,(H,12,14). The Hall–Kier alpha value is -1.06. The van der Waals surface area contributed by atoms with Gasteiger partial charge in [0.15, 0.2) is 0 Å². The van der Waals surface area contributed by atoms with Crippen molar-refractivity contribution in [2.24, 2.45) is 5.41 Å². The van der Waals surface area contributed by atoms with Crippen LogP contribution in [0.4, 0.5) is 0 Å². The molecule has 1 unspecified atom stereocenters. The zero-order valence-electron chi connectivity index (χ0n) is 9.35. The average Bonchev–Trinajstić information content (AvgIpc) is 2.07. The van der Waals surface area contributed by atoms with Gasteiger partial charge in [0.2, 0.25) is 5.91 Å². The first kappa shape index (κ1) is 11.0. The molecule has 4 heteroatoms. The highest BCUT2D eigenvalue weighted by atomic mass is 16.2. The molecule has 1 aliphatic heterocycles. The Bertz CT molecular complexity index is 255. The molecule has 1 amide bonds. The van der Waals surface area contributed by atoms with Crippen LogP contribution in [0.1, 0.15) is 27.7 Å². The van der Waals surface area contributed by atoms with Crippen LogP contribution >= 0.6 is 0 Å². The Kier molecular flexibility index (Phi) is 2.83. The maximum atomic E-state index is 11.4. The van der Waals surface area contributed by atoms with Gasteiger partial charge in [-0.1, -0.05) is 20.8 Å². The van der Waals surface area contributed by atoms with E-state index in [0.717, 1.165) is 6.54 Å². The van der Waals surface area contributed by atoms with E-state index >= 15 is 0 Å². The summed E-state index contributed by atoms with van der Waals surface area (Å²) in [5.74, 6) is 0.560. The van der Waals surface area contributed by atoms with Crippen LogP contribution in [0.5, 0.6) is 0 Å². The van der Waals surface area contributed by atoms with Gasteiger partial charge in [0.05, 0.1) is 0 Å². The maximum absolute atomic E-state index is 11.4. The van der Waals surface area contributed by atoms with Crippen LogP contribution in [0.15, 0.2) is 0 Å². The molecular formula is C10H19N3O. The molecule has 0 aromatic rings. The molecule has 0 saturated carbocycles. The number of carbonyl (C=O) groups is 1. The highest BCUT2D eigenvalue weighted by molar-refractivity contribution is 5.91. The van der Waals surface area contributed by atoms with Crippen molar-refractivity contribution in [3.05, 3.63) is 0 Å². The summed E-state index contributed by atoms with van der Waals surface area (Å²) in [6.07, 6.45) is 0. The third kappa shape index (κ3) is 2.05. The second-order valence-electron chi connectivity index (χ2n) is 4.76. The molecule has 0 bridgehead atoms. The number of nitrogens with zero attached hydrogens (tertiary/aromatic N) is 1. The van der Waals surface area contributed by atoms with E-state index in [9.17, 15) is 4.79 Å². The molecule has 80 valence electrons. The topological polar surface area (TPSA) is 56.2 Å². The fourth-order valence-corrected chi connectivity index (χ4v) is 1.52. The minimum Gasteiger partial charge on any atom is -0.353 e. The molecule has 0 aliphatic carbocycles. The van der Waals surface area contributed by atoms with Gasteiger partial charge in [-0.05, 0) is 6.92 Å². The summed E-state index contributed by atoms with van der Waals surface area (Å²) < 4.78 is 0. The van der Waals surface area contributed by atoms with Gasteiger partial charge in [0.25, 0.3) is 0 Å². The van der Waals surface area contributed by atoms with E-state index < -0.39 is 0 Å². The summed E-state index contributed by atoms with van der Waals surface area (Å²) in [5, 5.41) is 10.8. The second kappa shape index (κ2) is 3.59. The molecule has 0 aromatic heterocycles. The molecule has 14 heavy (non-hydrogen) atoms. The zero-order valence-corrected chi connectivity index (χ0v) is 9.35. The number of hydrogen-bond acceptors (Lipinski definition) is 2. The van der Waals surface area contributed by atoms with E-state index in [1.165, 1.54) is 0 Å². The predicted molar refractivity (Wildman–Crippen MR) is 56.4 cm³/mol. The second-order valence-corrected chi connectivity index (χ2v) is 4.76. The molecule has 1 fully saturated rings. The minimum atomic E-state index is -0.213. The lowest BCUT2D eigenvalue weighted by atomic mass is 9.93. The first-order valence-electron chi connectivity index (χ1n) is 4.97. The van der Waals surface area contributed by atoms with Crippen molar-refractivity contribution in [1.82, 2.24) is 10.2 Å². The molecule has 1 heterocycles. The van der Waals surface area contributed by atoms with Crippen LogP contribution < -0.4 is 5.32 Å². The summed E-state index contributed by atoms with van der Waals surface area (Å²) in [6.45, 7) is 9.21. The summed E-state index contributed by atoms with van der Waals surface area (Å²) in [5.41, 5.74) is -0.189. The van der Waals surface area contributed by atoms with Crippen molar-refractivity contribution in [3.8, 4) is 0 Å². The highest BCUT2D eigenvalue weighted by Crippen LogP contribution is 2.20. The molecule has 1 saturated heterocycles. The Morgan fingerprint density at radius 1 is 1.57 bits per heavy atom. The number of amidine groups is 1. The molecule has 4 nitrogen and oxygen atoms in total. The monoisotopic (exact) mass is 197 g/mol. The fraction of sp³-hybridized carbons (Fsp3) is 0.800. The highest BCUT2D eigenvalue weighted by Gasteiger charge is 2.32. The van der Waals surface area contributed by atoms with E-state index in [1.54, 1.807) is 0 Å². The number of piperazine rings is 1.